The highest BCUT2D eigenvalue weighted by atomic mass is 16.5. The van der Waals surface area contributed by atoms with E-state index in [0.29, 0.717) is 25.3 Å². The van der Waals surface area contributed by atoms with Crippen LogP contribution in [0.3, 0.4) is 0 Å². The first-order chi connectivity index (χ1) is 14.8. The van der Waals surface area contributed by atoms with Gasteiger partial charge in [0, 0.05) is 30.9 Å². The second-order valence-electron chi connectivity index (χ2n) is 8.74. The molecule has 1 aliphatic rings. The molecule has 4 rings (SSSR count). The fourth-order valence-electron chi connectivity index (χ4n) is 4.68. The van der Waals surface area contributed by atoms with Crippen LogP contribution in [0.25, 0.3) is 11.1 Å². The molecular formula is C24H29N3O4. The number of hydrogen-bond acceptors (Lipinski definition) is 5. The molecule has 3 aromatic rings. The van der Waals surface area contributed by atoms with Gasteiger partial charge in [-0.3, -0.25) is 9.89 Å². The van der Waals surface area contributed by atoms with Crippen molar-refractivity contribution in [3.05, 3.63) is 62.1 Å². The van der Waals surface area contributed by atoms with E-state index in [1.165, 1.54) is 16.7 Å². The normalized spacial score (nSPS) is 15.9. The number of nitrogens with zero attached hydrogens (tertiary/aromatic N) is 1. The van der Waals surface area contributed by atoms with Gasteiger partial charge in [-0.15, -0.1) is 5.10 Å². The van der Waals surface area contributed by atoms with E-state index in [1.807, 2.05) is 13.8 Å². The number of nitrogens with one attached hydrogen (secondary N) is 2. The van der Waals surface area contributed by atoms with Crippen LogP contribution in [-0.2, 0) is 21.4 Å². The minimum absolute atomic E-state index is 0.0197. The van der Waals surface area contributed by atoms with E-state index in [0.717, 1.165) is 29.5 Å². The molecule has 1 aromatic carbocycles. The monoisotopic (exact) mass is 423 g/mol. The van der Waals surface area contributed by atoms with Gasteiger partial charge in [-0.1, -0.05) is 29.3 Å². The van der Waals surface area contributed by atoms with Crippen molar-refractivity contribution in [2.24, 2.45) is 0 Å². The Morgan fingerprint density at radius 2 is 1.81 bits per heavy atom. The molecule has 0 bridgehead atoms. The van der Waals surface area contributed by atoms with Crippen molar-refractivity contribution < 1.29 is 13.9 Å². The Labute approximate surface area is 181 Å². The number of aryl methyl sites for hydroxylation is 4. The predicted octanol–water partition coefficient (Wildman–Crippen LogP) is 3.16. The number of benzene rings is 1. The highest BCUT2D eigenvalue weighted by molar-refractivity contribution is 5.84. The van der Waals surface area contributed by atoms with Gasteiger partial charge in [-0.2, -0.15) is 0 Å². The van der Waals surface area contributed by atoms with E-state index < -0.39 is 5.63 Å². The number of aromatic nitrogens is 2. The quantitative estimate of drug-likeness (QED) is 0.657. The molecule has 0 atom stereocenters. The summed E-state index contributed by atoms with van der Waals surface area (Å²) in [5.41, 5.74) is 5.18. The van der Waals surface area contributed by atoms with E-state index in [1.54, 1.807) is 0 Å². The van der Waals surface area contributed by atoms with Gasteiger partial charge in [0.15, 0.2) is 0 Å². The van der Waals surface area contributed by atoms with Gasteiger partial charge in [0.05, 0.1) is 17.4 Å². The number of H-pyrrole nitrogens is 1. The van der Waals surface area contributed by atoms with Crippen LogP contribution in [0.2, 0.25) is 0 Å². The van der Waals surface area contributed by atoms with Crippen LogP contribution in [0.15, 0.2) is 27.4 Å². The van der Waals surface area contributed by atoms with Crippen LogP contribution in [0, 0.1) is 27.7 Å². The summed E-state index contributed by atoms with van der Waals surface area (Å²) in [5.74, 6) is -0.189. The molecular weight excluding hydrogens is 394 g/mol. The average Bonchev–Trinajstić information content (AvgIpc) is 3.10. The van der Waals surface area contributed by atoms with Crippen molar-refractivity contribution in [3.63, 3.8) is 0 Å². The van der Waals surface area contributed by atoms with Crippen molar-refractivity contribution in [3.8, 4) is 0 Å². The molecule has 1 aliphatic heterocycles. The maximum atomic E-state index is 12.9. The first-order valence-corrected chi connectivity index (χ1v) is 10.7. The average molecular weight is 424 g/mol. The number of amides is 1. The van der Waals surface area contributed by atoms with Crippen LogP contribution in [-0.4, -0.2) is 35.9 Å². The molecule has 0 saturated carbocycles. The van der Waals surface area contributed by atoms with Crippen molar-refractivity contribution in [2.75, 3.05) is 19.8 Å². The largest absolute Gasteiger partial charge is 0.402 e. The lowest BCUT2D eigenvalue weighted by Gasteiger charge is -2.38. The van der Waals surface area contributed by atoms with Gasteiger partial charge in [-0.05, 0) is 51.7 Å². The fourth-order valence-corrected chi connectivity index (χ4v) is 4.68. The molecule has 0 spiro atoms. The van der Waals surface area contributed by atoms with E-state index in [-0.39, 0.29) is 23.5 Å². The fraction of sp³-hybridized carbons (Fsp3) is 0.458. The van der Waals surface area contributed by atoms with Crippen molar-refractivity contribution in [1.29, 1.82) is 0 Å². The van der Waals surface area contributed by atoms with Crippen molar-refractivity contribution >= 4 is 17.0 Å². The molecule has 7 heteroatoms. The molecule has 2 aromatic heterocycles. The molecule has 7 nitrogen and oxygen atoms in total. The minimum Gasteiger partial charge on any atom is -0.402 e. The Morgan fingerprint density at radius 1 is 1.13 bits per heavy atom. The standard InChI is InChI=1S/C24H29N3O4/c1-14-9-15(2)11-18(10-14)24(5-7-30-8-6-24)13-25-20(28)12-19-16(3)21-17(4)26-27-22(21)31-23(19)29/h9-11H,5-8,12-13H2,1-4H3,(H,25,28)(H,26,27). The van der Waals surface area contributed by atoms with Gasteiger partial charge in [0.25, 0.3) is 0 Å². The third-order valence-electron chi connectivity index (χ3n) is 6.42. The minimum atomic E-state index is -0.512. The van der Waals surface area contributed by atoms with Gasteiger partial charge in [-0.25, -0.2) is 4.79 Å². The summed E-state index contributed by atoms with van der Waals surface area (Å²) < 4.78 is 10.9. The number of ether oxygens (including phenoxy) is 1. The Morgan fingerprint density at radius 3 is 2.48 bits per heavy atom. The molecule has 2 N–H and O–H groups in total. The van der Waals surface area contributed by atoms with Crippen LogP contribution in [0.1, 0.15) is 46.4 Å². The molecule has 1 saturated heterocycles. The molecule has 0 radical (unpaired) electrons. The van der Waals surface area contributed by atoms with E-state index in [4.69, 9.17) is 9.15 Å². The molecule has 31 heavy (non-hydrogen) atoms. The van der Waals surface area contributed by atoms with E-state index >= 15 is 0 Å². The van der Waals surface area contributed by atoms with E-state index in [9.17, 15) is 9.59 Å². The van der Waals surface area contributed by atoms with Crippen molar-refractivity contribution in [1.82, 2.24) is 15.5 Å². The summed E-state index contributed by atoms with van der Waals surface area (Å²) in [6, 6.07) is 6.57. The Balaban J connectivity index is 1.56. The van der Waals surface area contributed by atoms with Crippen LogP contribution in [0.4, 0.5) is 0 Å². The summed E-state index contributed by atoms with van der Waals surface area (Å²) >= 11 is 0. The Bertz CT molecular complexity index is 1170. The van der Waals surface area contributed by atoms with Crippen LogP contribution in [0.5, 0.6) is 0 Å². The van der Waals surface area contributed by atoms with Crippen LogP contribution >= 0.6 is 0 Å². The maximum Gasteiger partial charge on any atom is 0.341 e. The second-order valence-corrected chi connectivity index (χ2v) is 8.74. The number of carbonyl (C=O) groups excluding carboxylic acids is 1. The molecule has 3 heterocycles. The zero-order valence-corrected chi connectivity index (χ0v) is 18.6. The lowest BCUT2D eigenvalue weighted by atomic mass is 9.73. The number of fused-ring (bicyclic) bond motifs is 1. The number of hydrogen-bond donors (Lipinski definition) is 2. The zero-order chi connectivity index (χ0) is 22.2. The number of carbonyl (C=O) groups is 1. The second kappa shape index (κ2) is 8.30. The number of rotatable bonds is 5. The molecule has 0 aliphatic carbocycles. The summed E-state index contributed by atoms with van der Waals surface area (Å²) in [6.45, 7) is 9.74. The third kappa shape index (κ3) is 4.14. The summed E-state index contributed by atoms with van der Waals surface area (Å²) in [4.78, 5) is 25.3. The van der Waals surface area contributed by atoms with Crippen LogP contribution < -0.4 is 10.9 Å². The smallest absolute Gasteiger partial charge is 0.341 e. The van der Waals surface area contributed by atoms with Gasteiger partial charge < -0.3 is 14.5 Å². The molecule has 1 fully saturated rings. The summed E-state index contributed by atoms with van der Waals surface area (Å²) in [6.07, 6.45) is 1.67. The lowest BCUT2D eigenvalue weighted by Crippen LogP contribution is -2.45. The van der Waals surface area contributed by atoms with Crippen molar-refractivity contribution in [2.45, 2.75) is 52.4 Å². The van der Waals surface area contributed by atoms with Gasteiger partial charge in [0.2, 0.25) is 11.6 Å². The number of aromatic amines is 1. The van der Waals surface area contributed by atoms with Gasteiger partial charge in [0.1, 0.15) is 0 Å². The third-order valence-corrected chi connectivity index (χ3v) is 6.42. The Kier molecular flexibility index (Phi) is 5.71. The lowest BCUT2D eigenvalue weighted by molar-refractivity contribution is -0.121. The predicted molar refractivity (Wildman–Crippen MR) is 118 cm³/mol. The Hall–Kier alpha value is -2.93. The highest BCUT2D eigenvalue weighted by Crippen LogP contribution is 2.35. The SMILES string of the molecule is Cc1cc(C)cc(C2(CNC(=O)Cc3c(C)c4c(C)[nH]nc4oc3=O)CCOCC2)c1. The summed E-state index contributed by atoms with van der Waals surface area (Å²) in [5, 5.41) is 10.7. The first-order valence-electron chi connectivity index (χ1n) is 10.7. The molecule has 0 unspecified atom stereocenters. The molecule has 164 valence electrons. The first kappa shape index (κ1) is 21.3. The topological polar surface area (TPSA) is 97.2 Å². The molecule has 1 amide bonds. The summed E-state index contributed by atoms with van der Waals surface area (Å²) in [7, 11) is 0. The zero-order valence-electron chi connectivity index (χ0n) is 18.6. The highest BCUT2D eigenvalue weighted by Gasteiger charge is 2.35. The van der Waals surface area contributed by atoms with Gasteiger partial charge >= 0.3 is 5.63 Å². The maximum absolute atomic E-state index is 12.9. The van der Waals surface area contributed by atoms with E-state index in [2.05, 4.69) is 47.6 Å².